The fourth-order valence-electron chi connectivity index (χ4n) is 5.08. The first kappa shape index (κ1) is 22.7. The number of carbonyl (C=O) groups excluding carboxylic acids is 1. The average Bonchev–Trinajstić information content (AvgIpc) is 3.74. The Kier molecular flexibility index (Phi) is 5.43. The van der Waals surface area contributed by atoms with Gasteiger partial charge in [0.1, 0.15) is 16.9 Å². The second-order valence-electron chi connectivity index (χ2n) is 9.36. The highest BCUT2D eigenvalue weighted by Gasteiger charge is 2.24. The molecule has 1 aliphatic rings. The molecule has 7 rings (SSSR count). The lowest BCUT2D eigenvalue weighted by Crippen LogP contribution is -2.20. The average molecular weight is 525 g/mol. The predicted molar refractivity (Wildman–Crippen MR) is 144 cm³/mol. The van der Waals surface area contributed by atoms with Crippen molar-refractivity contribution in [3.05, 3.63) is 60.4 Å². The highest BCUT2D eigenvalue weighted by Crippen LogP contribution is 2.35. The minimum atomic E-state index is -0.551. The number of hydrogen-bond donors (Lipinski definition) is 3. The van der Waals surface area contributed by atoms with Crippen molar-refractivity contribution in [1.82, 2.24) is 35.1 Å². The minimum absolute atomic E-state index is 0.0118. The van der Waals surface area contributed by atoms with Crippen molar-refractivity contribution in [1.29, 1.82) is 0 Å². The zero-order valence-corrected chi connectivity index (χ0v) is 20.8. The zero-order valence-electron chi connectivity index (χ0n) is 20.0. The summed E-state index contributed by atoms with van der Waals surface area (Å²) in [5.41, 5.74) is 4.22. The van der Waals surface area contributed by atoms with Crippen LogP contribution >= 0.6 is 11.3 Å². The third-order valence-electron chi connectivity index (χ3n) is 6.95. The molecule has 0 saturated heterocycles. The van der Waals surface area contributed by atoms with E-state index in [2.05, 4.69) is 35.5 Å². The second-order valence-corrected chi connectivity index (χ2v) is 10.3. The molecule has 11 heteroatoms. The molecule has 1 saturated carbocycles. The summed E-state index contributed by atoms with van der Waals surface area (Å²) >= 11 is 1.60. The van der Waals surface area contributed by atoms with E-state index in [1.807, 2.05) is 17.5 Å². The molecule has 38 heavy (non-hydrogen) atoms. The number of fused-ring (bicyclic) bond motifs is 2. The summed E-state index contributed by atoms with van der Waals surface area (Å²) in [5, 5.41) is 12.4. The Morgan fingerprint density at radius 1 is 1.05 bits per heavy atom. The lowest BCUT2D eigenvalue weighted by molar-refractivity contribution is -0.119. The molecular formula is C27H21FN8OS. The van der Waals surface area contributed by atoms with E-state index in [-0.39, 0.29) is 22.9 Å². The van der Waals surface area contributed by atoms with Gasteiger partial charge in [0.25, 0.3) is 0 Å². The number of H-pyrrole nitrogens is 2. The SMILES string of the molecule is O=C(Nc1cncc(-c2ncc3[nH]nc(-c4nc5c(-c6cccs6)cncc5[nH]4)c3c2F)c1)C1CCCC1. The number of nitrogens with one attached hydrogen (secondary N) is 3. The first-order chi connectivity index (χ1) is 18.7. The van der Waals surface area contributed by atoms with Crippen LogP contribution in [0.25, 0.3) is 55.2 Å². The van der Waals surface area contributed by atoms with Crippen LogP contribution in [0.4, 0.5) is 10.1 Å². The normalized spacial score (nSPS) is 14.0. The predicted octanol–water partition coefficient (Wildman–Crippen LogP) is 5.95. The van der Waals surface area contributed by atoms with Crippen molar-refractivity contribution in [2.24, 2.45) is 5.92 Å². The number of carbonyl (C=O) groups is 1. The van der Waals surface area contributed by atoms with E-state index in [4.69, 9.17) is 4.98 Å². The summed E-state index contributed by atoms with van der Waals surface area (Å²) in [5.74, 6) is -0.144. The standard InChI is InChI=1S/C27H21FN8OS/c28-22-21-18(13-31-23(22)15-8-16(10-29-9-15)32-27(37)14-4-1-2-5-14)35-36-25(21)26-33-19-12-30-11-17(24(19)34-26)20-6-3-7-38-20/h3,6-14H,1-2,4-5H2,(H,32,37)(H,33,34)(H,35,36). The molecule has 0 atom stereocenters. The Hall–Kier alpha value is -4.51. The molecule has 9 nitrogen and oxygen atoms in total. The maximum Gasteiger partial charge on any atom is 0.227 e. The number of thiophene rings is 1. The number of imidazole rings is 1. The molecule has 6 aromatic heterocycles. The number of halogens is 1. The summed E-state index contributed by atoms with van der Waals surface area (Å²) in [6, 6.07) is 5.67. The van der Waals surface area contributed by atoms with Crippen molar-refractivity contribution in [3.8, 4) is 33.2 Å². The quantitative estimate of drug-likeness (QED) is 0.256. The van der Waals surface area contributed by atoms with E-state index in [0.717, 1.165) is 47.2 Å². The van der Waals surface area contributed by atoms with E-state index in [1.165, 1.54) is 12.4 Å². The second kappa shape index (κ2) is 9.10. The summed E-state index contributed by atoms with van der Waals surface area (Å²) in [6.45, 7) is 0. The van der Waals surface area contributed by atoms with Crippen LogP contribution in [0.2, 0.25) is 0 Å². The summed E-state index contributed by atoms with van der Waals surface area (Å²) in [6.07, 6.45) is 12.0. The number of anilines is 1. The Morgan fingerprint density at radius 2 is 1.92 bits per heavy atom. The molecule has 188 valence electrons. The molecular weight excluding hydrogens is 503 g/mol. The van der Waals surface area contributed by atoms with Gasteiger partial charge in [-0.2, -0.15) is 5.10 Å². The smallest absolute Gasteiger partial charge is 0.227 e. The van der Waals surface area contributed by atoms with E-state index in [9.17, 15) is 4.79 Å². The van der Waals surface area contributed by atoms with Gasteiger partial charge in [0.05, 0.1) is 40.7 Å². The number of rotatable bonds is 5. The van der Waals surface area contributed by atoms with E-state index >= 15 is 4.39 Å². The molecule has 1 fully saturated rings. The molecule has 0 aliphatic heterocycles. The molecule has 3 N–H and O–H groups in total. The molecule has 6 heterocycles. The molecule has 6 aromatic rings. The molecule has 0 aromatic carbocycles. The maximum absolute atomic E-state index is 16.0. The van der Waals surface area contributed by atoms with Gasteiger partial charge >= 0.3 is 0 Å². The minimum Gasteiger partial charge on any atom is -0.335 e. The van der Waals surface area contributed by atoms with Gasteiger partial charge in [-0.15, -0.1) is 11.3 Å². The van der Waals surface area contributed by atoms with Gasteiger partial charge in [-0.1, -0.05) is 18.9 Å². The van der Waals surface area contributed by atoms with Crippen molar-refractivity contribution >= 4 is 44.9 Å². The first-order valence-corrected chi connectivity index (χ1v) is 13.2. The summed E-state index contributed by atoms with van der Waals surface area (Å²) < 4.78 is 16.0. The van der Waals surface area contributed by atoms with Gasteiger partial charge in [-0.05, 0) is 30.4 Å². The third kappa shape index (κ3) is 3.82. The fourth-order valence-corrected chi connectivity index (χ4v) is 5.81. The maximum atomic E-state index is 16.0. The van der Waals surface area contributed by atoms with Crippen LogP contribution in [0.15, 0.2) is 54.6 Å². The van der Waals surface area contributed by atoms with Gasteiger partial charge in [-0.3, -0.25) is 24.8 Å². The van der Waals surface area contributed by atoms with Crippen LogP contribution < -0.4 is 5.32 Å². The molecule has 0 spiro atoms. The summed E-state index contributed by atoms with van der Waals surface area (Å²) in [4.78, 5) is 34.5. The van der Waals surface area contributed by atoms with E-state index in [0.29, 0.717) is 28.3 Å². The topological polar surface area (TPSA) is 125 Å². The number of pyridine rings is 3. The van der Waals surface area contributed by atoms with E-state index in [1.54, 1.807) is 36.0 Å². The molecule has 1 amide bonds. The van der Waals surface area contributed by atoms with Gasteiger partial charge < -0.3 is 10.3 Å². The number of hydrogen-bond acceptors (Lipinski definition) is 7. The largest absolute Gasteiger partial charge is 0.335 e. The van der Waals surface area contributed by atoms with Crippen LogP contribution in [-0.2, 0) is 4.79 Å². The van der Waals surface area contributed by atoms with Crippen LogP contribution in [0, 0.1) is 11.7 Å². The Labute approximate surface area is 219 Å². The number of amides is 1. The Morgan fingerprint density at radius 3 is 2.76 bits per heavy atom. The van der Waals surface area contributed by atoms with Gasteiger partial charge in [-0.25, -0.2) is 9.37 Å². The number of aromatic nitrogens is 7. The Balaban J connectivity index is 1.28. The van der Waals surface area contributed by atoms with Crippen molar-refractivity contribution in [3.63, 3.8) is 0 Å². The molecule has 0 bridgehead atoms. The third-order valence-corrected chi connectivity index (χ3v) is 7.86. The Bertz CT molecular complexity index is 1800. The van der Waals surface area contributed by atoms with Crippen LogP contribution in [-0.4, -0.2) is 41.0 Å². The molecule has 1 aliphatic carbocycles. The summed E-state index contributed by atoms with van der Waals surface area (Å²) in [7, 11) is 0. The van der Waals surface area contributed by atoms with Crippen molar-refractivity contribution in [2.45, 2.75) is 25.7 Å². The van der Waals surface area contributed by atoms with Crippen molar-refractivity contribution in [2.75, 3.05) is 5.32 Å². The number of nitrogens with zero attached hydrogens (tertiary/aromatic N) is 5. The van der Waals surface area contributed by atoms with Gasteiger partial charge in [0, 0.05) is 34.3 Å². The molecule has 0 radical (unpaired) electrons. The highest BCUT2D eigenvalue weighted by molar-refractivity contribution is 7.13. The van der Waals surface area contributed by atoms with Crippen molar-refractivity contribution < 1.29 is 9.18 Å². The van der Waals surface area contributed by atoms with Gasteiger partial charge in [0.2, 0.25) is 5.91 Å². The zero-order chi connectivity index (χ0) is 25.6. The van der Waals surface area contributed by atoms with Gasteiger partial charge in [0.15, 0.2) is 11.6 Å². The monoisotopic (exact) mass is 524 g/mol. The molecule has 0 unspecified atom stereocenters. The van der Waals surface area contributed by atoms with Crippen LogP contribution in [0.3, 0.4) is 0 Å². The van der Waals surface area contributed by atoms with Crippen LogP contribution in [0.1, 0.15) is 25.7 Å². The lowest BCUT2D eigenvalue weighted by Gasteiger charge is -2.11. The first-order valence-electron chi connectivity index (χ1n) is 12.3. The number of aromatic amines is 2. The lowest BCUT2D eigenvalue weighted by atomic mass is 10.1. The van der Waals surface area contributed by atoms with E-state index < -0.39 is 5.82 Å². The van der Waals surface area contributed by atoms with Crippen LogP contribution in [0.5, 0.6) is 0 Å². The highest BCUT2D eigenvalue weighted by atomic mass is 32.1. The fraction of sp³-hybridized carbons (Fsp3) is 0.185.